The highest BCUT2D eigenvalue weighted by Crippen LogP contribution is 2.49. The van der Waals surface area contributed by atoms with E-state index < -0.39 is 0 Å². The van der Waals surface area contributed by atoms with Crippen molar-refractivity contribution in [1.29, 1.82) is 0 Å². The normalized spacial score (nSPS) is 16.1. The Balaban J connectivity index is 1.59. The van der Waals surface area contributed by atoms with E-state index in [-0.39, 0.29) is 0 Å². The van der Waals surface area contributed by atoms with Gasteiger partial charge in [-0.3, -0.25) is 0 Å². The molecule has 5 rings (SSSR count). The number of allylic oxidation sites excluding steroid dienone is 2. The van der Waals surface area contributed by atoms with Gasteiger partial charge in [-0.05, 0) is 72.4 Å². The molecule has 212 valence electrons. The van der Waals surface area contributed by atoms with E-state index >= 15 is 0 Å². The SMILES string of the molecule is CCCCCCc1cc(-c2sccc2CCCCCC)sc1C1=C2C=CC=CC2N(CCCC)c2ccccc21. The average Bonchev–Trinajstić information content (AvgIpc) is 3.62. The third-order valence-electron chi connectivity index (χ3n) is 8.46. The zero-order chi connectivity index (χ0) is 27.7. The minimum Gasteiger partial charge on any atom is -0.360 e. The van der Waals surface area contributed by atoms with Gasteiger partial charge in [0.1, 0.15) is 0 Å². The number of hydrogen-bond acceptors (Lipinski definition) is 3. The lowest BCUT2D eigenvalue weighted by Crippen LogP contribution is -2.40. The first kappa shape index (κ1) is 29.1. The van der Waals surface area contributed by atoms with Crippen LogP contribution in [0.4, 0.5) is 5.69 Å². The van der Waals surface area contributed by atoms with Gasteiger partial charge in [0, 0.05) is 38.0 Å². The van der Waals surface area contributed by atoms with Crippen molar-refractivity contribution in [1.82, 2.24) is 0 Å². The standard InChI is InChI=1S/C37H47NS2/c1-4-7-10-12-18-28-24-26-39-36(28)34-27-29(19-13-11-8-5-2)37(40-34)35-30-20-14-16-22-32(30)38(25-9-6-3)33-23-17-15-21-31(33)35/h14-17,20-24,26-27,32H,4-13,18-19,25H2,1-3H3. The number of anilines is 1. The highest BCUT2D eigenvalue weighted by molar-refractivity contribution is 7.22. The molecule has 1 nitrogen and oxygen atoms in total. The molecule has 1 aliphatic heterocycles. The number of thiophene rings is 2. The number of hydrogen-bond donors (Lipinski definition) is 0. The third-order valence-corrected chi connectivity index (χ3v) is 10.8. The molecular formula is C37H47NS2. The average molecular weight is 570 g/mol. The summed E-state index contributed by atoms with van der Waals surface area (Å²) in [6, 6.07) is 14.5. The first-order valence-electron chi connectivity index (χ1n) is 15.9. The first-order valence-corrected chi connectivity index (χ1v) is 17.6. The molecule has 1 atom stereocenters. The monoisotopic (exact) mass is 569 g/mol. The molecule has 2 aromatic heterocycles. The van der Waals surface area contributed by atoms with Crippen molar-refractivity contribution in [3.05, 3.63) is 93.2 Å². The molecule has 3 heteroatoms. The number of benzene rings is 1. The van der Waals surface area contributed by atoms with Gasteiger partial charge in [0.15, 0.2) is 0 Å². The molecule has 0 saturated carbocycles. The molecule has 1 aliphatic carbocycles. The maximum Gasteiger partial charge on any atom is 0.0736 e. The van der Waals surface area contributed by atoms with Gasteiger partial charge >= 0.3 is 0 Å². The Kier molecular flexibility index (Phi) is 10.6. The number of nitrogens with zero attached hydrogens (tertiary/aromatic N) is 1. The van der Waals surface area contributed by atoms with E-state index in [0.717, 1.165) is 6.54 Å². The van der Waals surface area contributed by atoms with E-state index in [4.69, 9.17) is 0 Å². The van der Waals surface area contributed by atoms with Gasteiger partial charge in [0.25, 0.3) is 0 Å². The summed E-state index contributed by atoms with van der Waals surface area (Å²) in [6.45, 7) is 8.01. The minimum absolute atomic E-state index is 0.316. The Labute approximate surface area is 251 Å². The van der Waals surface area contributed by atoms with Crippen molar-refractivity contribution >= 4 is 33.9 Å². The molecule has 0 saturated heterocycles. The lowest BCUT2D eigenvalue weighted by Gasteiger charge is -2.40. The molecule has 2 aliphatic rings. The lowest BCUT2D eigenvalue weighted by molar-refractivity contribution is 0.667. The van der Waals surface area contributed by atoms with E-state index in [1.165, 1.54) is 114 Å². The summed E-state index contributed by atoms with van der Waals surface area (Å²) in [6.07, 6.45) is 24.6. The van der Waals surface area contributed by atoms with Crippen LogP contribution in [0.1, 0.15) is 107 Å². The number of aryl methyl sites for hydroxylation is 2. The molecule has 0 spiro atoms. The van der Waals surface area contributed by atoms with Gasteiger partial charge < -0.3 is 4.90 Å². The van der Waals surface area contributed by atoms with Crippen molar-refractivity contribution in [2.75, 3.05) is 11.4 Å². The van der Waals surface area contributed by atoms with Crippen LogP contribution in [0.15, 0.2) is 71.7 Å². The predicted octanol–water partition coefficient (Wildman–Crippen LogP) is 11.6. The van der Waals surface area contributed by atoms with Crippen LogP contribution in [0.25, 0.3) is 15.3 Å². The lowest BCUT2D eigenvalue weighted by atomic mass is 9.83. The molecule has 3 heterocycles. The number of rotatable bonds is 15. The summed E-state index contributed by atoms with van der Waals surface area (Å²) in [5.41, 5.74) is 8.89. The molecule has 0 N–H and O–H groups in total. The van der Waals surface area contributed by atoms with Crippen LogP contribution in [0.5, 0.6) is 0 Å². The number of para-hydroxylation sites is 1. The number of fused-ring (bicyclic) bond motifs is 2. The smallest absolute Gasteiger partial charge is 0.0736 e. The Morgan fingerprint density at radius 3 is 2.27 bits per heavy atom. The topological polar surface area (TPSA) is 3.24 Å². The zero-order valence-corrected chi connectivity index (χ0v) is 26.5. The summed E-state index contributed by atoms with van der Waals surface area (Å²) >= 11 is 4.01. The van der Waals surface area contributed by atoms with E-state index in [1.807, 2.05) is 11.3 Å². The summed E-state index contributed by atoms with van der Waals surface area (Å²) in [4.78, 5) is 7.16. The maximum absolute atomic E-state index is 2.65. The Bertz CT molecular complexity index is 1330. The van der Waals surface area contributed by atoms with Crippen LogP contribution >= 0.6 is 22.7 Å². The fourth-order valence-electron chi connectivity index (χ4n) is 6.29. The van der Waals surface area contributed by atoms with Gasteiger partial charge in [-0.1, -0.05) is 108 Å². The van der Waals surface area contributed by atoms with Crippen LogP contribution in [-0.4, -0.2) is 12.6 Å². The Hall–Kier alpha value is -2.36. The quantitative estimate of drug-likeness (QED) is 0.165. The summed E-state index contributed by atoms with van der Waals surface area (Å²) in [5, 5.41) is 2.32. The van der Waals surface area contributed by atoms with Crippen molar-refractivity contribution in [2.24, 2.45) is 0 Å². The van der Waals surface area contributed by atoms with Crippen LogP contribution in [-0.2, 0) is 12.8 Å². The van der Waals surface area contributed by atoms with Gasteiger partial charge in [-0.25, -0.2) is 0 Å². The van der Waals surface area contributed by atoms with Gasteiger partial charge in [0.2, 0.25) is 0 Å². The minimum atomic E-state index is 0.316. The fourth-order valence-corrected chi connectivity index (χ4v) is 8.69. The second kappa shape index (κ2) is 14.5. The summed E-state index contributed by atoms with van der Waals surface area (Å²) in [7, 11) is 0. The van der Waals surface area contributed by atoms with E-state index in [1.54, 1.807) is 11.1 Å². The summed E-state index contributed by atoms with van der Waals surface area (Å²) in [5.74, 6) is 0. The molecule has 0 fully saturated rings. The Morgan fingerprint density at radius 2 is 1.50 bits per heavy atom. The van der Waals surface area contributed by atoms with Crippen LogP contribution in [0, 0.1) is 0 Å². The largest absolute Gasteiger partial charge is 0.360 e. The van der Waals surface area contributed by atoms with E-state index in [9.17, 15) is 0 Å². The first-order chi connectivity index (χ1) is 19.8. The second-order valence-corrected chi connectivity index (χ2v) is 13.4. The van der Waals surface area contributed by atoms with Crippen molar-refractivity contribution in [3.63, 3.8) is 0 Å². The predicted molar refractivity (Wildman–Crippen MR) is 180 cm³/mol. The van der Waals surface area contributed by atoms with Crippen molar-refractivity contribution in [3.8, 4) is 9.75 Å². The van der Waals surface area contributed by atoms with E-state index in [0.29, 0.717) is 6.04 Å². The highest BCUT2D eigenvalue weighted by atomic mass is 32.1. The molecule has 1 unspecified atom stereocenters. The molecule has 0 amide bonds. The summed E-state index contributed by atoms with van der Waals surface area (Å²) < 4.78 is 0. The van der Waals surface area contributed by atoms with Crippen molar-refractivity contribution in [2.45, 2.75) is 104 Å². The molecule has 0 bridgehead atoms. The third kappa shape index (κ3) is 6.42. The molecule has 0 radical (unpaired) electrons. The van der Waals surface area contributed by atoms with Crippen LogP contribution in [0.3, 0.4) is 0 Å². The van der Waals surface area contributed by atoms with Gasteiger partial charge in [-0.15, -0.1) is 22.7 Å². The van der Waals surface area contributed by atoms with E-state index in [2.05, 4.69) is 103 Å². The van der Waals surface area contributed by atoms with Crippen molar-refractivity contribution < 1.29 is 0 Å². The molecule has 3 aromatic rings. The fraction of sp³-hybridized carbons (Fsp3) is 0.459. The number of unbranched alkanes of at least 4 members (excludes halogenated alkanes) is 7. The molecule has 40 heavy (non-hydrogen) atoms. The highest BCUT2D eigenvalue weighted by Gasteiger charge is 2.33. The maximum atomic E-state index is 2.65. The van der Waals surface area contributed by atoms with Gasteiger partial charge in [0.05, 0.1) is 6.04 Å². The van der Waals surface area contributed by atoms with Gasteiger partial charge in [-0.2, -0.15) is 0 Å². The van der Waals surface area contributed by atoms with Crippen LogP contribution in [0.2, 0.25) is 0 Å². The second-order valence-electron chi connectivity index (χ2n) is 11.4. The molecule has 1 aromatic carbocycles. The zero-order valence-electron chi connectivity index (χ0n) is 24.9. The Morgan fingerprint density at radius 1 is 0.750 bits per heavy atom. The molecular weight excluding hydrogens is 523 g/mol. The van der Waals surface area contributed by atoms with Crippen LogP contribution < -0.4 is 4.90 Å².